The maximum Gasteiger partial charge on any atom is 0.242 e. The number of hydrazone groups is 1. The lowest BCUT2D eigenvalue weighted by molar-refractivity contribution is 0.585. The van der Waals surface area contributed by atoms with Gasteiger partial charge in [-0.15, -0.1) is 0 Å². The Bertz CT molecular complexity index is 1220. The molecule has 1 aliphatic heterocycles. The Hall–Kier alpha value is -2.16. The first kappa shape index (κ1) is 22.0. The predicted molar refractivity (Wildman–Crippen MR) is 125 cm³/mol. The van der Waals surface area contributed by atoms with Crippen LogP contribution in [0.25, 0.3) is 0 Å². The zero-order chi connectivity index (χ0) is 22.0. The zero-order valence-electron chi connectivity index (χ0n) is 16.0. The van der Waals surface area contributed by atoms with E-state index in [1.807, 2.05) is 24.3 Å². The molecule has 0 saturated carbocycles. The summed E-state index contributed by atoms with van der Waals surface area (Å²) < 4.78 is 27.7. The van der Waals surface area contributed by atoms with Crippen LogP contribution in [0.3, 0.4) is 0 Å². The largest absolute Gasteiger partial charge is 0.263 e. The second kappa shape index (κ2) is 9.14. The van der Waals surface area contributed by atoms with Gasteiger partial charge in [-0.25, -0.2) is 13.1 Å². The van der Waals surface area contributed by atoms with Gasteiger partial charge in [0.05, 0.1) is 29.0 Å². The fourth-order valence-corrected chi connectivity index (χ4v) is 4.88. The number of pyridine rings is 1. The van der Waals surface area contributed by atoms with E-state index >= 15 is 0 Å². The van der Waals surface area contributed by atoms with Gasteiger partial charge >= 0.3 is 0 Å². The van der Waals surface area contributed by atoms with Crippen molar-refractivity contribution in [2.45, 2.75) is 17.4 Å². The smallest absolute Gasteiger partial charge is 0.242 e. The van der Waals surface area contributed by atoms with Crippen LogP contribution in [0.15, 0.2) is 77.0 Å². The zero-order valence-corrected chi connectivity index (χ0v) is 19.1. The average molecular weight is 496 g/mol. The lowest BCUT2D eigenvalue weighted by Gasteiger charge is -2.25. The monoisotopic (exact) mass is 494 g/mol. The Morgan fingerprint density at radius 3 is 2.45 bits per heavy atom. The summed E-state index contributed by atoms with van der Waals surface area (Å²) in [5, 5.41) is 8.06. The van der Waals surface area contributed by atoms with E-state index in [0.717, 1.165) is 5.56 Å². The maximum atomic E-state index is 12.6. The molecule has 0 unspecified atom stereocenters. The van der Waals surface area contributed by atoms with E-state index in [2.05, 4.69) is 14.8 Å². The van der Waals surface area contributed by atoms with Gasteiger partial charge in [0, 0.05) is 28.9 Å². The van der Waals surface area contributed by atoms with Crippen LogP contribution in [0.4, 0.5) is 5.69 Å². The molecule has 1 aromatic heterocycles. The molecule has 0 aliphatic carbocycles. The predicted octanol–water partition coefficient (Wildman–Crippen LogP) is 5.33. The quantitative estimate of drug-likeness (QED) is 0.502. The third-order valence-electron chi connectivity index (χ3n) is 4.80. The molecule has 1 aliphatic rings. The van der Waals surface area contributed by atoms with E-state index in [4.69, 9.17) is 34.8 Å². The van der Waals surface area contributed by atoms with Gasteiger partial charge in [0.15, 0.2) is 0 Å². The van der Waals surface area contributed by atoms with Crippen molar-refractivity contribution in [1.29, 1.82) is 0 Å². The third-order valence-corrected chi connectivity index (χ3v) is 6.97. The first-order valence-electron chi connectivity index (χ1n) is 9.29. The maximum absolute atomic E-state index is 12.6. The topological polar surface area (TPSA) is 74.7 Å². The molecule has 2 heterocycles. The van der Waals surface area contributed by atoms with Gasteiger partial charge in [-0.05, 0) is 48.0 Å². The van der Waals surface area contributed by atoms with Gasteiger partial charge in [0.2, 0.25) is 10.0 Å². The van der Waals surface area contributed by atoms with Crippen molar-refractivity contribution in [2.24, 2.45) is 5.10 Å². The SMILES string of the molecule is O=S(=O)(NCC1=NN(c2ccc(Cl)cc2Cl)[C@H](c2ccc(Cl)cc2)C1)c1cccnc1. The summed E-state index contributed by atoms with van der Waals surface area (Å²) in [5.41, 5.74) is 2.32. The number of rotatable bonds is 6. The number of hydrogen-bond acceptors (Lipinski definition) is 5. The van der Waals surface area contributed by atoms with E-state index in [-0.39, 0.29) is 17.5 Å². The molecular formula is C21H17Cl3N4O2S. The molecule has 3 aromatic rings. The van der Waals surface area contributed by atoms with Gasteiger partial charge in [0.25, 0.3) is 0 Å². The average Bonchev–Trinajstić information content (AvgIpc) is 3.17. The van der Waals surface area contributed by atoms with Gasteiger partial charge in [-0.2, -0.15) is 5.10 Å². The minimum absolute atomic E-state index is 0.0586. The molecule has 0 radical (unpaired) electrons. The Balaban J connectivity index is 1.62. The summed E-state index contributed by atoms with van der Waals surface area (Å²) in [6.45, 7) is 0.0586. The first-order valence-corrected chi connectivity index (χ1v) is 11.9. The van der Waals surface area contributed by atoms with Crippen LogP contribution in [0.5, 0.6) is 0 Å². The number of benzene rings is 2. The Morgan fingerprint density at radius 1 is 1.03 bits per heavy atom. The molecule has 10 heteroatoms. The first-order chi connectivity index (χ1) is 14.8. The van der Waals surface area contributed by atoms with E-state index < -0.39 is 10.0 Å². The molecule has 2 aromatic carbocycles. The lowest BCUT2D eigenvalue weighted by Crippen LogP contribution is -2.29. The van der Waals surface area contributed by atoms with E-state index in [9.17, 15) is 8.42 Å². The highest BCUT2D eigenvalue weighted by Gasteiger charge is 2.31. The summed E-state index contributed by atoms with van der Waals surface area (Å²) in [7, 11) is -3.70. The molecule has 1 N–H and O–H groups in total. The Kier molecular flexibility index (Phi) is 6.50. The highest BCUT2D eigenvalue weighted by Crippen LogP contribution is 2.39. The van der Waals surface area contributed by atoms with Crippen LogP contribution < -0.4 is 9.73 Å². The normalized spacial score (nSPS) is 16.4. The Morgan fingerprint density at radius 2 is 1.77 bits per heavy atom. The van der Waals surface area contributed by atoms with Gasteiger partial charge in [-0.3, -0.25) is 9.99 Å². The molecule has 0 saturated heterocycles. The molecule has 0 bridgehead atoms. The van der Waals surface area contributed by atoms with Gasteiger partial charge < -0.3 is 0 Å². The fraction of sp³-hybridized carbons (Fsp3) is 0.143. The molecule has 160 valence electrons. The number of anilines is 1. The van der Waals surface area contributed by atoms with Crippen molar-refractivity contribution in [3.63, 3.8) is 0 Å². The van der Waals surface area contributed by atoms with Crippen LogP contribution in [-0.4, -0.2) is 25.7 Å². The van der Waals surface area contributed by atoms with Crippen molar-refractivity contribution < 1.29 is 8.42 Å². The lowest BCUT2D eigenvalue weighted by atomic mass is 10.0. The fourth-order valence-electron chi connectivity index (χ4n) is 3.28. The summed E-state index contributed by atoms with van der Waals surface area (Å²) >= 11 is 18.5. The van der Waals surface area contributed by atoms with Crippen molar-refractivity contribution in [3.05, 3.63) is 87.6 Å². The number of sulfonamides is 1. The summed E-state index contributed by atoms with van der Waals surface area (Å²) in [6, 6.07) is 15.5. The molecule has 0 fully saturated rings. The van der Waals surface area contributed by atoms with Crippen molar-refractivity contribution in [2.75, 3.05) is 11.6 Å². The minimum atomic E-state index is -3.70. The molecule has 4 rings (SSSR count). The number of hydrogen-bond donors (Lipinski definition) is 1. The summed E-state index contributed by atoms with van der Waals surface area (Å²) in [6.07, 6.45) is 3.33. The second-order valence-corrected chi connectivity index (χ2v) is 9.94. The summed E-state index contributed by atoms with van der Waals surface area (Å²) in [5.74, 6) is 0. The van der Waals surface area contributed by atoms with Crippen molar-refractivity contribution in [1.82, 2.24) is 9.71 Å². The van der Waals surface area contributed by atoms with Gasteiger partial charge in [-0.1, -0.05) is 46.9 Å². The van der Waals surface area contributed by atoms with Crippen LogP contribution in [0.1, 0.15) is 18.0 Å². The molecule has 6 nitrogen and oxygen atoms in total. The van der Waals surface area contributed by atoms with Crippen molar-refractivity contribution in [3.8, 4) is 0 Å². The number of halogens is 3. The molecule has 0 spiro atoms. The van der Waals surface area contributed by atoms with Gasteiger partial charge in [0.1, 0.15) is 4.90 Å². The van der Waals surface area contributed by atoms with Crippen LogP contribution in [0, 0.1) is 0 Å². The number of aromatic nitrogens is 1. The second-order valence-electron chi connectivity index (χ2n) is 6.89. The van der Waals surface area contributed by atoms with E-state index in [1.54, 1.807) is 29.3 Å². The van der Waals surface area contributed by atoms with Crippen LogP contribution >= 0.6 is 34.8 Å². The number of nitrogens with one attached hydrogen (secondary N) is 1. The third kappa shape index (κ3) is 5.02. The number of nitrogens with zero attached hydrogens (tertiary/aromatic N) is 3. The highest BCUT2D eigenvalue weighted by atomic mass is 35.5. The Labute approximate surface area is 195 Å². The summed E-state index contributed by atoms with van der Waals surface area (Å²) in [4.78, 5) is 3.96. The minimum Gasteiger partial charge on any atom is -0.263 e. The molecule has 31 heavy (non-hydrogen) atoms. The van der Waals surface area contributed by atoms with E-state index in [1.165, 1.54) is 18.5 Å². The molecule has 0 amide bonds. The van der Waals surface area contributed by atoms with Crippen LogP contribution in [0.2, 0.25) is 15.1 Å². The standard InChI is InChI=1S/C21H17Cl3N4O2S/c22-15-5-3-14(4-6-15)21-11-17(12-26-31(29,30)18-2-1-9-25-13-18)27-28(21)20-8-7-16(23)10-19(20)24/h1-10,13,21,26H,11-12H2/t21-/m0/s1. The highest BCUT2D eigenvalue weighted by molar-refractivity contribution is 7.89. The molecule has 1 atom stereocenters. The van der Waals surface area contributed by atoms with E-state index in [0.29, 0.717) is 32.9 Å². The van der Waals surface area contributed by atoms with Crippen LogP contribution in [-0.2, 0) is 10.0 Å². The van der Waals surface area contributed by atoms with Crippen molar-refractivity contribution >= 4 is 56.2 Å². The molecular weight excluding hydrogens is 479 g/mol.